The molecule has 0 aliphatic heterocycles. The minimum atomic E-state index is -0.179. The number of carbonyl (C=O) groups is 1. The molecule has 4 heteroatoms. The second-order valence-corrected chi connectivity index (χ2v) is 4.59. The predicted molar refractivity (Wildman–Crippen MR) is 71.4 cm³/mol. The lowest BCUT2D eigenvalue weighted by molar-refractivity contribution is 0.252. The summed E-state index contributed by atoms with van der Waals surface area (Å²) in [6, 6.07) is 9.54. The number of urea groups is 1. The molecular weight excluding hydrogens is 232 g/mol. The lowest BCUT2D eigenvalue weighted by Gasteiger charge is -2.07. The van der Waals surface area contributed by atoms with Gasteiger partial charge in [0, 0.05) is 12.2 Å². The third-order valence-electron chi connectivity index (χ3n) is 2.31. The van der Waals surface area contributed by atoms with E-state index in [0.717, 1.165) is 16.8 Å². The van der Waals surface area contributed by atoms with Crippen LogP contribution in [0.3, 0.4) is 0 Å². The van der Waals surface area contributed by atoms with Crippen LogP contribution in [0.1, 0.15) is 11.1 Å². The highest BCUT2D eigenvalue weighted by atomic mass is 32.1. The van der Waals surface area contributed by atoms with Gasteiger partial charge in [-0.15, -0.1) is 0 Å². The third kappa shape index (κ3) is 3.60. The maximum absolute atomic E-state index is 11.6. The number of carbonyl (C=O) groups excluding carboxylic acids is 1. The smallest absolute Gasteiger partial charge is 0.319 e. The van der Waals surface area contributed by atoms with Crippen molar-refractivity contribution in [3.8, 4) is 0 Å². The largest absolute Gasteiger partial charge is 0.334 e. The summed E-state index contributed by atoms with van der Waals surface area (Å²) in [6.45, 7) is 2.55. The molecule has 0 aliphatic rings. The van der Waals surface area contributed by atoms with E-state index in [4.69, 9.17) is 0 Å². The van der Waals surface area contributed by atoms with E-state index in [0.29, 0.717) is 6.54 Å². The molecule has 0 unspecified atom stereocenters. The summed E-state index contributed by atoms with van der Waals surface area (Å²) in [5.74, 6) is 0. The van der Waals surface area contributed by atoms with Crippen molar-refractivity contribution in [1.29, 1.82) is 0 Å². The first-order valence-electron chi connectivity index (χ1n) is 5.36. The van der Waals surface area contributed by atoms with Gasteiger partial charge in [-0.05, 0) is 47.0 Å². The Balaban J connectivity index is 1.85. The van der Waals surface area contributed by atoms with Gasteiger partial charge >= 0.3 is 6.03 Å². The highest BCUT2D eigenvalue weighted by molar-refractivity contribution is 7.07. The third-order valence-corrected chi connectivity index (χ3v) is 3.04. The summed E-state index contributed by atoms with van der Waals surface area (Å²) in [5, 5.41) is 9.62. The highest BCUT2D eigenvalue weighted by Gasteiger charge is 2.01. The SMILES string of the molecule is Cc1cccc(NC(=O)NCc2ccsc2)c1. The molecule has 2 amide bonds. The van der Waals surface area contributed by atoms with Crippen LogP contribution in [0.25, 0.3) is 0 Å². The van der Waals surface area contributed by atoms with Crippen LogP contribution >= 0.6 is 11.3 Å². The normalized spacial score (nSPS) is 9.94. The standard InChI is InChI=1S/C13H14N2OS/c1-10-3-2-4-12(7-10)15-13(16)14-8-11-5-6-17-9-11/h2-7,9H,8H2,1H3,(H2,14,15,16). The van der Waals surface area contributed by atoms with E-state index in [1.807, 2.05) is 48.0 Å². The topological polar surface area (TPSA) is 41.1 Å². The van der Waals surface area contributed by atoms with Crippen molar-refractivity contribution in [2.75, 3.05) is 5.32 Å². The van der Waals surface area contributed by atoms with Crippen molar-refractivity contribution >= 4 is 23.1 Å². The van der Waals surface area contributed by atoms with Crippen molar-refractivity contribution in [2.24, 2.45) is 0 Å². The Kier molecular flexibility index (Phi) is 3.77. The molecule has 0 aliphatic carbocycles. The van der Waals surface area contributed by atoms with Gasteiger partial charge in [-0.1, -0.05) is 12.1 Å². The van der Waals surface area contributed by atoms with E-state index in [1.165, 1.54) is 0 Å². The first-order valence-corrected chi connectivity index (χ1v) is 6.31. The Bertz CT molecular complexity index is 494. The molecule has 0 spiro atoms. The lowest BCUT2D eigenvalue weighted by atomic mass is 10.2. The number of hydrogen-bond acceptors (Lipinski definition) is 2. The summed E-state index contributed by atoms with van der Waals surface area (Å²) >= 11 is 1.63. The molecule has 1 aromatic carbocycles. The molecule has 0 fully saturated rings. The fourth-order valence-corrected chi connectivity index (χ4v) is 2.14. The van der Waals surface area contributed by atoms with Gasteiger partial charge in [0.25, 0.3) is 0 Å². The Morgan fingerprint density at radius 3 is 2.94 bits per heavy atom. The molecule has 17 heavy (non-hydrogen) atoms. The van der Waals surface area contributed by atoms with Gasteiger partial charge in [0.1, 0.15) is 0 Å². The van der Waals surface area contributed by atoms with Crippen molar-refractivity contribution in [3.05, 3.63) is 52.2 Å². The summed E-state index contributed by atoms with van der Waals surface area (Å²) < 4.78 is 0. The average molecular weight is 246 g/mol. The predicted octanol–water partition coefficient (Wildman–Crippen LogP) is 3.38. The van der Waals surface area contributed by atoms with Gasteiger partial charge in [0.2, 0.25) is 0 Å². The van der Waals surface area contributed by atoms with E-state index in [2.05, 4.69) is 10.6 Å². The first-order chi connectivity index (χ1) is 8.24. The quantitative estimate of drug-likeness (QED) is 0.856. The average Bonchev–Trinajstić information content (AvgIpc) is 2.79. The molecule has 0 bridgehead atoms. The van der Waals surface area contributed by atoms with Crippen molar-refractivity contribution in [1.82, 2.24) is 5.32 Å². The lowest BCUT2D eigenvalue weighted by Crippen LogP contribution is -2.27. The molecule has 0 radical (unpaired) electrons. The second kappa shape index (κ2) is 5.50. The van der Waals surface area contributed by atoms with Crippen LogP contribution in [-0.2, 0) is 6.54 Å². The number of anilines is 1. The van der Waals surface area contributed by atoms with Crippen LogP contribution in [0, 0.1) is 6.92 Å². The van der Waals surface area contributed by atoms with E-state index in [9.17, 15) is 4.79 Å². The summed E-state index contributed by atoms with van der Waals surface area (Å²) in [4.78, 5) is 11.6. The Morgan fingerprint density at radius 2 is 2.24 bits per heavy atom. The molecule has 1 aromatic heterocycles. The zero-order valence-corrected chi connectivity index (χ0v) is 10.4. The van der Waals surface area contributed by atoms with E-state index in [-0.39, 0.29) is 6.03 Å². The highest BCUT2D eigenvalue weighted by Crippen LogP contribution is 2.09. The van der Waals surface area contributed by atoms with Crippen LogP contribution in [0.5, 0.6) is 0 Å². The fraction of sp³-hybridized carbons (Fsp3) is 0.154. The molecule has 2 aromatic rings. The van der Waals surface area contributed by atoms with Crippen molar-refractivity contribution < 1.29 is 4.79 Å². The van der Waals surface area contributed by atoms with Gasteiger partial charge in [-0.2, -0.15) is 11.3 Å². The maximum Gasteiger partial charge on any atom is 0.319 e. The maximum atomic E-state index is 11.6. The molecule has 2 N–H and O–H groups in total. The van der Waals surface area contributed by atoms with Gasteiger partial charge in [0.15, 0.2) is 0 Å². The summed E-state index contributed by atoms with van der Waals surface area (Å²) in [6.07, 6.45) is 0. The molecule has 1 heterocycles. The number of hydrogen-bond donors (Lipinski definition) is 2. The zero-order valence-electron chi connectivity index (χ0n) is 9.57. The molecule has 0 saturated heterocycles. The van der Waals surface area contributed by atoms with Crippen molar-refractivity contribution in [2.45, 2.75) is 13.5 Å². The van der Waals surface area contributed by atoms with E-state index < -0.39 is 0 Å². The summed E-state index contributed by atoms with van der Waals surface area (Å²) in [7, 11) is 0. The number of rotatable bonds is 3. The van der Waals surface area contributed by atoms with Crippen LogP contribution in [0.2, 0.25) is 0 Å². The van der Waals surface area contributed by atoms with E-state index in [1.54, 1.807) is 11.3 Å². The van der Waals surface area contributed by atoms with Crippen molar-refractivity contribution in [3.63, 3.8) is 0 Å². The van der Waals surface area contributed by atoms with Gasteiger partial charge in [0.05, 0.1) is 0 Å². The van der Waals surface area contributed by atoms with Crippen LogP contribution < -0.4 is 10.6 Å². The molecule has 3 nitrogen and oxygen atoms in total. The van der Waals surface area contributed by atoms with Gasteiger partial charge in [-0.25, -0.2) is 4.79 Å². The Morgan fingerprint density at radius 1 is 1.35 bits per heavy atom. The molecule has 2 rings (SSSR count). The number of benzene rings is 1. The van der Waals surface area contributed by atoms with Gasteiger partial charge in [-0.3, -0.25) is 0 Å². The minimum absolute atomic E-state index is 0.179. The number of nitrogens with one attached hydrogen (secondary N) is 2. The van der Waals surface area contributed by atoms with E-state index >= 15 is 0 Å². The number of amides is 2. The number of aryl methyl sites for hydroxylation is 1. The Labute approximate surface area is 104 Å². The second-order valence-electron chi connectivity index (χ2n) is 3.81. The van der Waals surface area contributed by atoms with Crippen LogP contribution in [0.4, 0.5) is 10.5 Å². The number of thiophene rings is 1. The molecule has 0 atom stereocenters. The monoisotopic (exact) mass is 246 g/mol. The zero-order chi connectivity index (χ0) is 12.1. The summed E-state index contributed by atoms with van der Waals surface area (Å²) in [5.41, 5.74) is 3.06. The molecule has 0 saturated carbocycles. The van der Waals surface area contributed by atoms with Crippen LogP contribution in [-0.4, -0.2) is 6.03 Å². The fourth-order valence-electron chi connectivity index (χ4n) is 1.47. The molecular formula is C13H14N2OS. The van der Waals surface area contributed by atoms with Crippen LogP contribution in [0.15, 0.2) is 41.1 Å². The Hall–Kier alpha value is -1.81. The van der Waals surface area contributed by atoms with Gasteiger partial charge < -0.3 is 10.6 Å². The molecule has 88 valence electrons. The first kappa shape index (κ1) is 11.7. The minimum Gasteiger partial charge on any atom is -0.334 e.